The summed E-state index contributed by atoms with van der Waals surface area (Å²) >= 11 is 3.39. The van der Waals surface area contributed by atoms with E-state index >= 15 is 0 Å². The van der Waals surface area contributed by atoms with Gasteiger partial charge in [-0.15, -0.1) is 22.7 Å². The Morgan fingerprint density at radius 3 is 2.71 bits per heavy atom. The zero-order valence-electron chi connectivity index (χ0n) is 12.1. The van der Waals surface area contributed by atoms with Gasteiger partial charge in [-0.3, -0.25) is 0 Å². The van der Waals surface area contributed by atoms with E-state index in [0.717, 1.165) is 22.3 Å². The maximum Gasteiger partial charge on any atom is 0.187 e. The predicted molar refractivity (Wildman–Crippen MR) is 91.2 cm³/mol. The molecule has 108 valence electrons. The van der Waals surface area contributed by atoms with Gasteiger partial charge in [0.05, 0.1) is 23.4 Å². The minimum absolute atomic E-state index is 0.817. The first-order valence-electron chi connectivity index (χ1n) is 6.60. The molecule has 3 aromatic rings. The molecule has 3 nitrogen and oxygen atoms in total. The molecule has 0 bridgehead atoms. The standard InChI is InChI=1S/C16H16N2OS2/c1-10-8-11(2)21-15(10)13-9-20-16(18-13)17-12-6-4-5-7-14(12)19-3/h4-9H,1-3H3,(H,17,18). The molecule has 21 heavy (non-hydrogen) atoms. The summed E-state index contributed by atoms with van der Waals surface area (Å²) in [6.07, 6.45) is 0. The van der Waals surface area contributed by atoms with Crippen LogP contribution in [0.15, 0.2) is 35.7 Å². The van der Waals surface area contributed by atoms with E-state index in [1.807, 2.05) is 24.3 Å². The molecule has 0 aliphatic heterocycles. The molecule has 3 rings (SSSR count). The van der Waals surface area contributed by atoms with Crippen LogP contribution in [0.2, 0.25) is 0 Å². The highest BCUT2D eigenvalue weighted by atomic mass is 32.1. The maximum atomic E-state index is 5.35. The Balaban J connectivity index is 1.87. The molecule has 0 aliphatic carbocycles. The second-order valence-corrected chi connectivity index (χ2v) is 6.85. The summed E-state index contributed by atoms with van der Waals surface area (Å²) in [6, 6.07) is 10.1. The zero-order valence-corrected chi connectivity index (χ0v) is 13.8. The lowest BCUT2D eigenvalue weighted by atomic mass is 10.2. The van der Waals surface area contributed by atoms with E-state index in [-0.39, 0.29) is 0 Å². The highest BCUT2D eigenvalue weighted by Crippen LogP contribution is 2.35. The maximum absolute atomic E-state index is 5.35. The number of para-hydroxylation sites is 2. The molecule has 5 heteroatoms. The van der Waals surface area contributed by atoms with Crippen LogP contribution in [0, 0.1) is 13.8 Å². The molecule has 0 saturated carbocycles. The Kier molecular flexibility index (Phi) is 3.94. The quantitative estimate of drug-likeness (QED) is 0.714. The van der Waals surface area contributed by atoms with Gasteiger partial charge in [0.15, 0.2) is 5.13 Å². The average molecular weight is 316 g/mol. The monoisotopic (exact) mass is 316 g/mol. The van der Waals surface area contributed by atoms with Gasteiger partial charge in [0.2, 0.25) is 0 Å². The summed E-state index contributed by atoms with van der Waals surface area (Å²) in [6.45, 7) is 4.26. The molecular formula is C16H16N2OS2. The number of nitrogens with zero attached hydrogens (tertiary/aromatic N) is 1. The van der Waals surface area contributed by atoms with Crippen molar-refractivity contribution in [2.75, 3.05) is 12.4 Å². The van der Waals surface area contributed by atoms with Crippen LogP contribution in [0.25, 0.3) is 10.6 Å². The van der Waals surface area contributed by atoms with Crippen molar-refractivity contribution in [2.24, 2.45) is 0 Å². The van der Waals surface area contributed by atoms with Gasteiger partial charge in [-0.2, -0.15) is 0 Å². The molecule has 0 spiro atoms. The van der Waals surface area contributed by atoms with Gasteiger partial charge in [0.1, 0.15) is 5.75 Å². The van der Waals surface area contributed by atoms with Crippen molar-refractivity contribution in [3.63, 3.8) is 0 Å². The second kappa shape index (κ2) is 5.87. The number of rotatable bonds is 4. The molecule has 1 aromatic carbocycles. The number of thiophene rings is 1. The summed E-state index contributed by atoms with van der Waals surface area (Å²) in [5, 5.41) is 6.30. The van der Waals surface area contributed by atoms with E-state index in [2.05, 4.69) is 35.6 Å². The third kappa shape index (κ3) is 2.94. The highest BCUT2D eigenvalue weighted by molar-refractivity contribution is 7.17. The first kappa shape index (κ1) is 14.1. The third-order valence-corrected chi connectivity index (χ3v) is 5.06. The molecular weight excluding hydrogens is 300 g/mol. The molecule has 0 atom stereocenters. The largest absolute Gasteiger partial charge is 0.495 e. The fraction of sp³-hybridized carbons (Fsp3) is 0.188. The zero-order chi connectivity index (χ0) is 14.8. The van der Waals surface area contributed by atoms with Crippen LogP contribution in [0.4, 0.5) is 10.8 Å². The van der Waals surface area contributed by atoms with Crippen molar-refractivity contribution in [1.29, 1.82) is 0 Å². The van der Waals surface area contributed by atoms with Crippen LogP contribution in [0.3, 0.4) is 0 Å². The molecule has 0 fully saturated rings. The molecule has 1 N–H and O–H groups in total. The number of benzene rings is 1. The lowest BCUT2D eigenvalue weighted by Crippen LogP contribution is -1.93. The van der Waals surface area contributed by atoms with E-state index < -0.39 is 0 Å². The minimum atomic E-state index is 0.817. The lowest BCUT2D eigenvalue weighted by molar-refractivity contribution is 0.417. The van der Waals surface area contributed by atoms with E-state index in [1.165, 1.54) is 15.3 Å². The van der Waals surface area contributed by atoms with Crippen LogP contribution in [-0.2, 0) is 0 Å². The van der Waals surface area contributed by atoms with Gasteiger partial charge < -0.3 is 10.1 Å². The van der Waals surface area contributed by atoms with Crippen molar-refractivity contribution in [1.82, 2.24) is 4.98 Å². The van der Waals surface area contributed by atoms with E-state index in [4.69, 9.17) is 4.74 Å². The second-order valence-electron chi connectivity index (χ2n) is 4.73. The Morgan fingerprint density at radius 2 is 2.00 bits per heavy atom. The fourth-order valence-corrected chi connectivity index (χ4v) is 3.97. The molecule has 0 unspecified atom stereocenters. The normalized spacial score (nSPS) is 10.6. The number of aromatic nitrogens is 1. The summed E-state index contributed by atoms with van der Waals surface area (Å²) in [5.74, 6) is 0.817. The number of nitrogens with one attached hydrogen (secondary N) is 1. The Bertz CT molecular complexity index is 761. The van der Waals surface area contributed by atoms with Crippen LogP contribution >= 0.6 is 22.7 Å². The average Bonchev–Trinajstić information content (AvgIpc) is 3.06. The van der Waals surface area contributed by atoms with Crippen LogP contribution < -0.4 is 10.1 Å². The van der Waals surface area contributed by atoms with Crippen LogP contribution in [0.5, 0.6) is 5.75 Å². The fourth-order valence-electron chi connectivity index (χ4n) is 2.19. The van der Waals surface area contributed by atoms with Gasteiger partial charge in [0, 0.05) is 10.3 Å². The van der Waals surface area contributed by atoms with Crippen LogP contribution in [-0.4, -0.2) is 12.1 Å². The van der Waals surface area contributed by atoms with Crippen molar-refractivity contribution in [2.45, 2.75) is 13.8 Å². The van der Waals surface area contributed by atoms with E-state index in [1.54, 1.807) is 29.8 Å². The highest BCUT2D eigenvalue weighted by Gasteiger charge is 2.11. The number of hydrogen-bond acceptors (Lipinski definition) is 5. The third-order valence-electron chi connectivity index (χ3n) is 3.13. The van der Waals surface area contributed by atoms with E-state index in [0.29, 0.717) is 0 Å². The molecule has 2 aromatic heterocycles. The smallest absolute Gasteiger partial charge is 0.187 e. The topological polar surface area (TPSA) is 34.1 Å². The lowest BCUT2D eigenvalue weighted by Gasteiger charge is -2.07. The summed E-state index contributed by atoms with van der Waals surface area (Å²) in [4.78, 5) is 7.25. The SMILES string of the molecule is COc1ccccc1Nc1nc(-c2sc(C)cc2C)cs1. The summed E-state index contributed by atoms with van der Waals surface area (Å²) in [5.41, 5.74) is 3.25. The van der Waals surface area contributed by atoms with Crippen molar-refractivity contribution in [3.05, 3.63) is 46.2 Å². The minimum Gasteiger partial charge on any atom is -0.495 e. The number of hydrogen-bond donors (Lipinski definition) is 1. The van der Waals surface area contributed by atoms with Gasteiger partial charge in [-0.1, -0.05) is 12.1 Å². The molecule has 0 saturated heterocycles. The Morgan fingerprint density at radius 1 is 1.19 bits per heavy atom. The van der Waals surface area contributed by atoms with Crippen molar-refractivity contribution in [3.8, 4) is 16.3 Å². The predicted octanol–water partition coefficient (Wildman–Crippen LogP) is 5.24. The first-order chi connectivity index (χ1) is 10.2. The summed E-state index contributed by atoms with van der Waals surface area (Å²) in [7, 11) is 1.67. The van der Waals surface area contributed by atoms with Gasteiger partial charge >= 0.3 is 0 Å². The number of aryl methyl sites for hydroxylation is 2. The van der Waals surface area contributed by atoms with Gasteiger partial charge in [0.25, 0.3) is 0 Å². The summed E-state index contributed by atoms with van der Waals surface area (Å²) < 4.78 is 5.35. The number of methoxy groups -OCH3 is 1. The van der Waals surface area contributed by atoms with Gasteiger partial charge in [-0.25, -0.2) is 4.98 Å². The van der Waals surface area contributed by atoms with Crippen molar-refractivity contribution >= 4 is 33.5 Å². The molecule has 0 aliphatic rings. The molecule has 0 amide bonds. The van der Waals surface area contributed by atoms with Crippen molar-refractivity contribution < 1.29 is 4.74 Å². The molecule has 2 heterocycles. The number of anilines is 2. The number of ether oxygens (including phenoxy) is 1. The Labute approximate surface area is 132 Å². The first-order valence-corrected chi connectivity index (χ1v) is 8.30. The van der Waals surface area contributed by atoms with Crippen LogP contribution in [0.1, 0.15) is 10.4 Å². The van der Waals surface area contributed by atoms with E-state index in [9.17, 15) is 0 Å². The van der Waals surface area contributed by atoms with Gasteiger partial charge in [-0.05, 0) is 37.6 Å². The molecule has 0 radical (unpaired) electrons. The Hall–Kier alpha value is -1.85. The number of thiazole rings is 1.